The molecule has 3 aliphatic rings. The normalized spacial score (nSPS) is 27.6. The second-order valence-corrected chi connectivity index (χ2v) is 12.7. The van der Waals surface area contributed by atoms with Gasteiger partial charge in [-0.2, -0.15) is 0 Å². The number of benzene rings is 2. The molecule has 35 heavy (non-hydrogen) atoms. The first kappa shape index (κ1) is 24.6. The Morgan fingerprint density at radius 2 is 2.11 bits per heavy atom. The standard InChI is InChI=1S/C27H33ClN2O4S/c1-3-26(2,31)22-9-6-19(22)15-30-16-27(12-4-5-18-13-20(28)7-10-23(18)27)17-34-25-11-8-21(14-24(25)30)35(29,32)33/h3,7-8,10-11,13-14,19,22,31H,1,4-6,9,12,15-17H2,2H3,(H2,29,32,33)/t19-,22+,26-,27-/m0/s1. The van der Waals surface area contributed by atoms with Gasteiger partial charge in [0.15, 0.2) is 0 Å². The maximum Gasteiger partial charge on any atom is 0.238 e. The van der Waals surface area contributed by atoms with Crippen molar-refractivity contribution in [3.8, 4) is 5.75 Å². The highest BCUT2D eigenvalue weighted by atomic mass is 35.5. The molecule has 1 fully saturated rings. The molecule has 1 saturated carbocycles. The molecule has 188 valence electrons. The predicted molar refractivity (Wildman–Crippen MR) is 139 cm³/mol. The first-order valence-corrected chi connectivity index (χ1v) is 14.1. The number of primary sulfonamides is 1. The van der Waals surface area contributed by atoms with Gasteiger partial charge in [-0.25, -0.2) is 13.6 Å². The summed E-state index contributed by atoms with van der Waals surface area (Å²) in [5.41, 5.74) is 2.04. The lowest BCUT2D eigenvalue weighted by atomic mass is 9.65. The summed E-state index contributed by atoms with van der Waals surface area (Å²) >= 11 is 6.32. The zero-order valence-corrected chi connectivity index (χ0v) is 21.6. The van der Waals surface area contributed by atoms with Crippen LogP contribution in [0.4, 0.5) is 5.69 Å². The van der Waals surface area contributed by atoms with E-state index in [1.807, 2.05) is 13.0 Å². The van der Waals surface area contributed by atoms with Crippen molar-refractivity contribution in [2.45, 2.75) is 54.9 Å². The number of hydrogen-bond donors (Lipinski definition) is 2. The zero-order valence-electron chi connectivity index (χ0n) is 20.0. The van der Waals surface area contributed by atoms with Gasteiger partial charge in [0.25, 0.3) is 0 Å². The summed E-state index contributed by atoms with van der Waals surface area (Å²) in [7, 11) is -3.87. The Kier molecular flexibility index (Phi) is 6.19. The van der Waals surface area contributed by atoms with E-state index in [0.717, 1.165) is 42.8 Å². The van der Waals surface area contributed by atoms with Gasteiger partial charge in [0, 0.05) is 23.5 Å². The molecule has 3 N–H and O–H groups in total. The van der Waals surface area contributed by atoms with Gasteiger partial charge in [0.05, 0.1) is 22.8 Å². The van der Waals surface area contributed by atoms with E-state index in [-0.39, 0.29) is 22.1 Å². The lowest BCUT2D eigenvalue weighted by Crippen LogP contribution is -2.51. The number of fused-ring (bicyclic) bond motifs is 3. The molecule has 2 aromatic rings. The third-order valence-electron chi connectivity index (χ3n) is 8.37. The number of rotatable bonds is 5. The van der Waals surface area contributed by atoms with Gasteiger partial charge in [-0.05, 0) is 92.3 Å². The summed E-state index contributed by atoms with van der Waals surface area (Å²) < 4.78 is 30.8. The van der Waals surface area contributed by atoms with Crippen molar-refractivity contribution >= 4 is 27.3 Å². The zero-order chi connectivity index (χ0) is 25.0. The first-order chi connectivity index (χ1) is 16.5. The SMILES string of the molecule is C=C[C@](C)(O)[C@@H]1CC[C@H]1CN1C[C@@]2(CCCc3cc(Cl)ccc32)COc2ccc(S(N)(=O)=O)cc21. The minimum Gasteiger partial charge on any atom is -0.490 e. The van der Waals surface area contributed by atoms with Crippen LogP contribution in [0.5, 0.6) is 5.75 Å². The van der Waals surface area contributed by atoms with Crippen LogP contribution in [0.15, 0.2) is 53.9 Å². The van der Waals surface area contributed by atoms with Crippen LogP contribution in [0.2, 0.25) is 5.02 Å². The van der Waals surface area contributed by atoms with Crippen LogP contribution in [0.3, 0.4) is 0 Å². The van der Waals surface area contributed by atoms with Gasteiger partial charge in [-0.15, -0.1) is 6.58 Å². The van der Waals surface area contributed by atoms with E-state index in [9.17, 15) is 13.5 Å². The summed E-state index contributed by atoms with van der Waals surface area (Å²) in [6, 6.07) is 11.0. The molecule has 1 spiro atoms. The Bertz CT molecular complexity index is 1260. The van der Waals surface area contributed by atoms with Crippen LogP contribution in [0.1, 0.15) is 43.7 Å². The monoisotopic (exact) mass is 516 g/mol. The molecule has 0 saturated heterocycles. The van der Waals surface area contributed by atoms with Gasteiger partial charge in [0.1, 0.15) is 5.75 Å². The fraction of sp³-hybridized carbons (Fsp3) is 0.481. The largest absolute Gasteiger partial charge is 0.490 e. The molecule has 5 rings (SSSR count). The summed E-state index contributed by atoms with van der Waals surface area (Å²) in [5, 5.41) is 17.1. The molecule has 0 unspecified atom stereocenters. The molecule has 6 nitrogen and oxygen atoms in total. The molecular formula is C27H33ClN2O4S. The van der Waals surface area contributed by atoms with Gasteiger partial charge in [-0.1, -0.05) is 23.7 Å². The smallest absolute Gasteiger partial charge is 0.238 e. The summed E-state index contributed by atoms with van der Waals surface area (Å²) in [5.74, 6) is 1.00. The second kappa shape index (κ2) is 8.80. The number of nitrogens with two attached hydrogens (primary N) is 1. The highest BCUT2D eigenvalue weighted by Crippen LogP contribution is 2.48. The van der Waals surface area contributed by atoms with Crippen molar-refractivity contribution in [2.75, 3.05) is 24.6 Å². The van der Waals surface area contributed by atoms with E-state index in [2.05, 4.69) is 23.6 Å². The van der Waals surface area contributed by atoms with Crippen molar-refractivity contribution in [2.24, 2.45) is 17.0 Å². The van der Waals surface area contributed by atoms with Crippen molar-refractivity contribution in [1.29, 1.82) is 0 Å². The number of aryl methyl sites for hydroxylation is 1. The fourth-order valence-corrected chi connectivity index (χ4v) is 6.99. The molecule has 8 heteroatoms. The van der Waals surface area contributed by atoms with Crippen LogP contribution >= 0.6 is 11.6 Å². The highest BCUT2D eigenvalue weighted by molar-refractivity contribution is 7.89. The number of sulfonamides is 1. The van der Waals surface area contributed by atoms with E-state index in [1.54, 1.807) is 18.2 Å². The first-order valence-electron chi connectivity index (χ1n) is 12.2. The van der Waals surface area contributed by atoms with Crippen molar-refractivity contribution in [3.63, 3.8) is 0 Å². The van der Waals surface area contributed by atoms with E-state index < -0.39 is 15.6 Å². The maximum absolute atomic E-state index is 12.2. The van der Waals surface area contributed by atoms with Gasteiger partial charge in [0.2, 0.25) is 10.0 Å². The third kappa shape index (κ3) is 4.48. The Labute approximate surface area is 212 Å². The topological polar surface area (TPSA) is 92.9 Å². The number of aliphatic hydroxyl groups is 1. The van der Waals surface area contributed by atoms with Crippen LogP contribution in [-0.4, -0.2) is 38.8 Å². The predicted octanol–water partition coefficient (Wildman–Crippen LogP) is 4.42. The quantitative estimate of drug-likeness (QED) is 0.574. The minimum atomic E-state index is -3.87. The van der Waals surface area contributed by atoms with Crippen molar-refractivity contribution in [3.05, 3.63) is 65.2 Å². The molecule has 0 amide bonds. The fourth-order valence-electron chi connectivity index (χ4n) is 6.26. The Hall–Kier alpha value is -2.06. The Morgan fingerprint density at radius 1 is 1.31 bits per heavy atom. The summed E-state index contributed by atoms with van der Waals surface area (Å²) in [4.78, 5) is 2.33. The molecule has 1 aliphatic heterocycles. The molecule has 2 aliphatic carbocycles. The summed E-state index contributed by atoms with van der Waals surface area (Å²) in [6.45, 7) is 7.51. The number of halogens is 1. The van der Waals surface area contributed by atoms with Crippen LogP contribution in [0.25, 0.3) is 0 Å². The van der Waals surface area contributed by atoms with Crippen molar-refractivity contribution in [1.82, 2.24) is 0 Å². The lowest BCUT2D eigenvalue weighted by Gasteiger charge is -2.48. The van der Waals surface area contributed by atoms with Gasteiger partial charge in [-0.3, -0.25) is 0 Å². The number of ether oxygens (including phenoxy) is 1. The third-order valence-corrected chi connectivity index (χ3v) is 9.52. The lowest BCUT2D eigenvalue weighted by molar-refractivity contribution is -0.0310. The highest BCUT2D eigenvalue weighted by Gasteiger charge is 2.46. The molecule has 2 aromatic carbocycles. The van der Waals surface area contributed by atoms with Crippen LogP contribution < -0.4 is 14.8 Å². The maximum atomic E-state index is 12.2. The van der Waals surface area contributed by atoms with Gasteiger partial charge >= 0.3 is 0 Å². The average molecular weight is 517 g/mol. The van der Waals surface area contributed by atoms with Crippen LogP contribution in [-0.2, 0) is 21.9 Å². The van der Waals surface area contributed by atoms with E-state index in [1.165, 1.54) is 17.2 Å². The number of anilines is 1. The minimum absolute atomic E-state index is 0.0693. The average Bonchev–Trinajstić information content (AvgIpc) is 2.93. The second-order valence-electron chi connectivity index (χ2n) is 10.7. The molecule has 1 heterocycles. The van der Waals surface area contributed by atoms with Crippen molar-refractivity contribution < 1.29 is 18.3 Å². The Balaban J connectivity index is 1.57. The number of nitrogens with zero attached hydrogens (tertiary/aromatic N) is 1. The molecule has 0 aromatic heterocycles. The van der Waals surface area contributed by atoms with E-state index in [0.29, 0.717) is 25.4 Å². The number of hydrogen-bond acceptors (Lipinski definition) is 5. The molecule has 4 atom stereocenters. The van der Waals surface area contributed by atoms with Crippen LogP contribution in [0, 0.1) is 11.8 Å². The summed E-state index contributed by atoms with van der Waals surface area (Å²) in [6.07, 6.45) is 6.53. The molecular weight excluding hydrogens is 484 g/mol. The van der Waals surface area contributed by atoms with E-state index >= 15 is 0 Å². The van der Waals surface area contributed by atoms with E-state index in [4.69, 9.17) is 21.5 Å². The van der Waals surface area contributed by atoms with Gasteiger partial charge < -0.3 is 14.7 Å². The molecule has 0 bridgehead atoms. The molecule has 0 radical (unpaired) electrons. The Morgan fingerprint density at radius 3 is 2.80 bits per heavy atom.